The standard InChI is InChI=1S/C33H54N2O5/c1-22(36)39-24-11-14-32(4)26-12-13-31(3)27(20-28(30(31)40-23(2)37)34-15-7-5-8-16-34)25(26)19-29(33(32,38)21-24)35-17-9-6-10-18-35/h24-30,38H,5-21H2,1-4H3/t24-,25+,26-,27-,28-,29+,30-,31-,32+,33-/m0/s1. The fourth-order valence-corrected chi connectivity index (χ4v) is 11.2. The number of hydrogen-bond donors (Lipinski definition) is 1. The third-order valence-electron chi connectivity index (χ3n) is 13.1. The van der Waals surface area contributed by atoms with Crippen LogP contribution in [0.1, 0.15) is 111 Å². The van der Waals surface area contributed by atoms with Gasteiger partial charge in [-0.25, -0.2) is 0 Å². The predicted molar refractivity (Wildman–Crippen MR) is 153 cm³/mol. The minimum absolute atomic E-state index is 0.0256. The second kappa shape index (κ2) is 10.8. The number of esters is 2. The van der Waals surface area contributed by atoms with Crippen LogP contribution < -0.4 is 0 Å². The smallest absolute Gasteiger partial charge is 0.302 e. The maximum Gasteiger partial charge on any atom is 0.302 e. The first kappa shape index (κ1) is 28.9. The molecule has 0 spiro atoms. The summed E-state index contributed by atoms with van der Waals surface area (Å²) in [6, 6.07) is 0.390. The van der Waals surface area contributed by atoms with Crippen molar-refractivity contribution >= 4 is 11.9 Å². The van der Waals surface area contributed by atoms with E-state index in [-0.39, 0.29) is 41.0 Å². The van der Waals surface area contributed by atoms with Crippen LogP contribution >= 0.6 is 0 Å². The number of likely N-dealkylation sites (tertiary alicyclic amines) is 2. The van der Waals surface area contributed by atoms with Crippen molar-refractivity contribution in [2.24, 2.45) is 28.6 Å². The van der Waals surface area contributed by atoms with Crippen molar-refractivity contribution in [3.63, 3.8) is 0 Å². The Hall–Kier alpha value is -1.18. The SMILES string of the molecule is CC(=O)O[C@H]1CC[C@]2(C)[C@H]3CC[C@@]4(C)[C@@H](C[C@H](N5CCCCC5)[C@@H]4OC(C)=O)[C@@H]3C[C@@H](N3CCCCC3)[C@@]2(O)C1. The second-order valence-corrected chi connectivity index (χ2v) is 15.0. The van der Waals surface area contributed by atoms with Crippen LogP contribution in [-0.4, -0.2) is 82.9 Å². The van der Waals surface area contributed by atoms with E-state index in [2.05, 4.69) is 23.6 Å². The van der Waals surface area contributed by atoms with Gasteiger partial charge in [-0.2, -0.15) is 0 Å². The minimum Gasteiger partial charge on any atom is -0.462 e. The van der Waals surface area contributed by atoms with Crippen molar-refractivity contribution in [3.8, 4) is 0 Å². The molecule has 7 heteroatoms. The average Bonchev–Trinajstić information content (AvgIpc) is 3.21. The maximum atomic E-state index is 12.9. The molecule has 4 aliphatic carbocycles. The van der Waals surface area contributed by atoms with Crippen LogP contribution in [0.2, 0.25) is 0 Å². The van der Waals surface area contributed by atoms with Gasteiger partial charge in [-0.15, -0.1) is 0 Å². The fraction of sp³-hybridized carbons (Fsp3) is 0.939. The largest absolute Gasteiger partial charge is 0.462 e. The van der Waals surface area contributed by atoms with Crippen LogP contribution in [0.25, 0.3) is 0 Å². The summed E-state index contributed by atoms with van der Waals surface area (Å²) >= 11 is 0. The monoisotopic (exact) mass is 558 g/mol. The molecule has 226 valence electrons. The molecule has 6 fully saturated rings. The van der Waals surface area contributed by atoms with E-state index in [1.54, 1.807) is 6.92 Å². The number of hydrogen-bond acceptors (Lipinski definition) is 7. The summed E-state index contributed by atoms with van der Waals surface area (Å²) in [5, 5.41) is 12.9. The lowest BCUT2D eigenvalue weighted by atomic mass is 9.42. The molecule has 2 heterocycles. The number of nitrogens with zero attached hydrogens (tertiary/aromatic N) is 2. The first-order valence-corrected chi connectivity index (χ1v) is 16.6. The van der Waals surface area contributed by atoms with E-state index in [0.717, 1.165) is 64.7 Å². The molecule has 6 aliphatic rings. The van der Waals surface area contributed by atoms with Crippen molar-refractivity contribution in [2.45, 2.75) is 141 Å². The Morgan fingerprint density at radius 3 is 2.02 bits per heavy atom. The van der Waals surface area contributed by atoms with E-state index in [4.69, 9.17) is 9.47 Å². The third kappa shape index (κ3) is 4.65. The number of carbonyl (C=O) groups excluding carboxylic acids is 2. The summed E-state index contributed by atoms with van der Waals surface area (Å²) in [6.07, 6.45) is 13.7. The average molecular weight is 559 g/mol. The molecule has 6 rings (SSSR count). The number of fused-ring (bicyclic) bond motifs is 5. The molecule has 10 atom stereocenters. The van der Waals surface area contributed by atoms with Gasteiger partial charge >= 0.3 is 11.9 Å². The third-order valence-corrected chi connectivity index (χ3v) is 13.1. The van der Waals surface area contributed by atoms with Gasteiger partial charge in [0.1, 0.15) is 12.2 Å². The van der Waals surface area contributed by atoms with Gasteiger partial charge in [-0.3, -0.25) is 19.4 Å². The Morgan fingerprint density at radius 1 is 0.775 bits per heavy atom. The molecule has 0 aromatic carbocycles. The molecule has 2 saturated heterocycles. The highest BCUT2D eigenvalue weighted by molar-refractivity contribution is 5.66. The van der Waals surface area contributed by atoms with Gasteiger partial charge in [0, 0.05) is 43.2 Å². The molecule has 7 nitrogen and oxygen atoms in total. The number of rotatable bonds is 4. The van der Waals surface area contributed by atoms with Crippen LogP contribution in [0, 0.1) is 28.6 Å². The van der Waals surface area contributed by atoms with Gasteiger partial charge in [-0.05, 0) is 108 Å². The van der Waals surface area contributed by atoms with E-state index in [1.165, 1.54) is 45.4 Å². The van der Waals surface area contributed by atoms with Crippen LogP contribution in [0.4, 0.5) is 0 Å². The van der Waals surface area contributed by atoms with E-state index in [9.17, 15) is 14.7 Å². The number of carbonyl (C=O) groups is 2. The molecule has 0 unspecified atom stereocenters. The van der Waals surface area contributed by atoms with Gasteiger partial charge < -0.3 is 14.6 Å². The summed E-state index contributed by atoms with van der Waals surface area (Å²) < 4.78 is 12.1. The zero-order valence-electron chi connectivity index (χ0n) is 25.5. The first-order valence-electron chi connectivity index (χ1n) is 16.6. The van der Waals surface area contributed by atoms with E-state index in [0.29, 0.717) is 30.2 Å². The molecule has 40 heavy (non-hydrogen) atoms. The Balaban J connectivity index is 1.36. The fourth-order valence-electron chi connectivity index (χ4n) is 11.2. The molecular weight excluding hydrogens is 504 g/mol. The molecule has 0 bridgehead atoms. The molecule has 2 aliphatic heterocycles. The van der Waals surface area contributed by atoms with Crippen LogP contribution in [0.3, 0.4) is 0 Å². The zero-order valence-corrected chi connectivity index (χ0v) is 25.5. The van der Waals surface area contributed by atoms with Crippen molar-refractivity contribution in [3.05, 3.63) is 0 Å². The Kier molecular flexibility index (Phi) is 7.83. The van der Waals surface area contributed by atoms with Gasteiger partial charge in [0.05, 0.1) is 5.60 Å². The highest BCUT2D eigenvalue weighted by atomic mass is 16.5. The summed E-state index contributed by atoms with van der Waals surface area (Å²) in [5.74, 6) is 1.06. The lowest BCUT2D eigenvalue weighted by Gasteiger charge is -2.67. The van der Waals surface area contributed by atoms with Gasteiger partial charge in [0.2, 0.25) is 0 Å². The lowest BCUT2D eigenvalue weighted by Crippen LogP contribution is -2.72. The molecule has 0 aromatic rings. The first-order chi connectivity index (χ1) is 19.1. The van der Waals surface area contributed by atoms with E-state index < -0.39 is 5.60 Å². The van der Waals surface area contributed by atoms with E-state index >= 15 is 0 Å². The molecule has 1 N–H and O–H groups in total. The summed E-state index contributed by atoms with van der Waals surface area (Å²) in [6.45, 7) is 12.2. The molecule has 0 aromatic heterocycles. The van der Waals surface area contributed by atoms with Crippen molar-refractivity contribution in [2.75, 3.05) is 26.2 Å². The van der Waals surface area contributed by atoms with Gasteiger partial charge in [0.25, 0.3) is 0 Å². The number of ether oxygens (including phenoxy) is 2. The highest BCUT2D eigenvalue weighted by Gasteiger charge is 2.70. The molecule has 4 saturated carbocycles. The van der Waals surface area contributed by atoms with Gasteiger partial charge in [-0.1, -0.05) is 26.7 Å². The maximum absolute atomic E-state index is 12.9. The topological polar surface area (TPSA) is 79.3 Å². The van der Waals surface area contributed by atoms with Gasteiger partial charge in [0.15, 0.2) is 0 Å². The Bertz CT molecular complexity index is 962. The molecule has 0 amide bonds. The Labute approximate surface area is 241 Å². The van der Waals surface area contributed by atoms with Crippen LogP contribution in [0.5, 0.6) is 0 Å². The zero-order chi connectivity index (χ0) is 28.3. The number of piperidine rings is 2. The Morgan fingerprint density at radius 2 is 1.40 bits per heavy atom. The van der Waals surface area contributed by atoms with Crippen molar-refractivity contribution < 1.29 is 24.2 Å². The molecular formula is C33H54N2O5. The second-order valence-electron chi connectivity index (χ2n) is 15.0. The predicted octanol–water partition coefficient (Wildman–Crippen LogP) is 4.94. The quantitative estimate of drug-likeness (QED) is 0.490. The lowest BCUT2D eigenvalue weighted by molar-refractivity contribution is -0.255. The highest BCUT2D eigenvalue weighted by Crippen LogP contribution is 2.68. The normalized spacial score (nSPS) is 48.0. The minimum atomic E-state index is -0.863. The van der Waals surface area contributed by atoms with Crippen LogP contribution in [-0.2, 0) is 19.1 Å². The summed E-state index contributed by atoms with van der Waals surface area (Å²) in [4.78, 5) is 29.7. The number of aliphatic hydroxyl groups is 1. The van der Waals surface area contributed by atoms with Crippen molar-refractivity contribution in [1.29, 1.82) is 0 Å². The van der Waals surface area contributed by atoms with E-state index in [1.807, 2.05) is 0 Å². The summed E-state index contributed by atoms with van der Waals surface area (Å²) in [7, 11) is 0. The van der Waals surface area contributed by atoms with Crippen LogP contribution in [0.15, 0.2) is 0 Å². The van der Waals surface area contributed by atoms with Crippen molar-refractivity contribution in [1.82, 2.24) is 9.80 Å². The molecule has 0 radical (unpaired) electrons. The summed E-state index contributed by atoms with van der Waals surface area (Å²) in [5.41, 5.74) is -1.10.